The quantitative estimate of drug-likeness (QED) is 0.334. The molecule has 0 radical (unpaired) electrons. The molecule has 1 aliphatic rings. The molecule has 2 aromatic rings. The van der Waals surface area contributed by atoms with E-state index in [1.807, 2.05) is 31.2 Å². The molecule has 1 heterocycles. The van der Waals surface area contributed by atoms with E-state index in [2.05, 4.69) is 15.9 Å². The molecule has 0 saturated carbocycles. The van der Waals surface area contributed by atoms with Gasteiger partial charge in [0.05, 0.1) is 18.6 Å². The zero-order valence-corrected chi connectivity index (χ0v) is 21.1. The molecule has 7 nitrogen and oxygen atoms in total. The highest BCUT2D eigenvalue weighted by atomic mass is 79.9. The van der Waals surface area contributed by atoms with Crippen molar-refractivity contribution in [3.8, 4) is 11.5 Å². The van der Waals surface area contributed by atoms with Crippen LogP contribution >= 0.6 is 27.7 Å². The van der Waals surface area contributed by atoms with Crippen molar-refractivity contribution in [3.63, 3.8) is 0 Å². The lowest BCUT2D eigenvalue weighted by Crippen LogP contribution is -2.42. The normalized spacial score (nSPS) is 15.7. The number of thioether (sulfide) groups is 1. The van der Waals surface area contributed by atoms with Gasteiger partial charge in [0, 0.05) is 4.47 Å². The van der Waals surface area contributed by atoms with Gasteiger partial charge in [-0.15, -0.1) is 0 Å². The molecule has 1 aliphatic heterocycles. The van der Waals surface area contributed by atoms with Gasteiger partial charge in [-0.1, -0.05) is 45.8 Å². The first-order valence-corrected chi connectivity index (χ1v) is 11.9. The summed E-state index contributed by atoms with van der Waals surface area (Å²) in [7, 11) is 1.53. The Kier molecular flexibility index (Phi) is 8.20. The Balaban J connectivity index is 1.82. The molecule has 0 unspecified atom stereocenters. The number of benzene rings is 2. The summed E-state index contributed by atoms with van der Waals surface area (Å²) in [6.45, 7) is 5.69. The van der Waals surface area contributed by atoms with Crippen molar-refractivity contribution >= 4 is 50.9 Å². The molecule has 9 heteroatoms. The number of esters is 1. The van der Waals surface area contributed by atoms with E-state index in [1.54, 1.807) is 25.1 Å². The number of methoxy groups -OCH3 is 1. The van der Waals surface area contributed by atoms with Crippen molar-refractivity contribution in [1.29, 1.82) is 0 Å². The second-order valence-corrected chi connectivity index (χ2v) is 9.13. The van der Waals surface area contributed by atoms with Crippen LogP contribution in [0.1, 0.15) is 30.5 Å². The predicted octanol–water partition coefficient (Wildman–Crippen LogP) is 5.33. The first-order valence-electron chi connectivity index (χ1n) is 10.2. The third-order valence-electron chi connectivity index (χ3n) is 4.88. The summed E-state index contributed by atoms with van der Waals surface area (Å²) >= 11 is 4.28. The van der Waals surface area contributed by atoms with E-state index in [-0.39, 0.29) is 11.5 Å². The summed E-state index contributed by atoms with van der Waals surface area (Å²) in [6.07, 6.45) is 1.58. The number of halogens is 1. The molecular weight excluding hydrogens is 510 g/mol. The highest BCUT2D eigenvalue weighted by Gasteiger charge is 2.41. The van der Waals surface area contributed by atoms with E-state index in [1.165, 1.54) is 14.0 Å². The molecular formula is C24H24BrNO6S. The topological polar surface area (TPSA) is 82.1 Å². The smallest absolute Gasteiger partial charge is 0.329 e. The van der Waals surface area contributed by atoms with Gasteiger partial charge in [-0.05, 0) is 61.9 Å². The van der Waals surface area contributed by atoms with Crippen LogP contribution in [0.5, 0.6) is 11.5 Å². The third-order valence-corrected chi connectivity index (χ3v) is 6.46. The Morgan fingerprint density at radius 1 is 1.21 bits per heavy atom. The molecule has 2 aromatic carbocycles. The largest absolute Gasteiger partial charge is 0.493 e. The lowest BCUT2D eigenvalue weighted by molar-refractivity contribution is -0.150. The van der Waals surface area contributed by atoms with Gasteiger partial charge in [0.2, 0.25) is 0 Å². The number of rotatable bonds is 8. The molecule has 1 saturated heterocycles. The molecule has 0 aliphatic carbocycles. The predicted molar refractivity (Wildman–Crippen MR) is 130 cm³/mol. The van der Waals surface area contributed by atoms with Gasteiger partial charge in [-0.25, -0.2) is 4.79 Å². The van der Waals surface area contributed by atoms with E-state index in [4.69, 9.17) is 14.2 Å². The minimum atomic E-state index is -1.00. The number of aryl methyl sites for hydroxylation is 1. The highest BCUT2D eigenvalue weighted by molar-refractivity contribution is 9.10. The molecule has 174 valence electrons. The van der Waals surface area contributed by atoms with E-state index in [0.29, 0.717) is 28.1 Å². The van der Waals surface area contributed by atoms with Crippen LogP contribution in [0.3, 0.4) is 0 Å². The molecule has 2 amide bonds. The second kappa shape index (κ2) is 10.9. The standard InChI is InChI=1S/C24H24BrNO6S/c1-5-31-23(28)15(3)26-22(27)21(33-24(26)29)11-17-10-19(30-4)20(12-18(17)25)32-13-16-8-6-7-14(2)9-16/h6-12,15H,5,13H2,1-4H3/b21-11+/t15-/m1/s1. The SMILES string of the molecule is CCOC(=O)[C@@H](C)N1C(=O)S/C(=C/c2cc(OC)c(OCc3cccc(C)c3)cc2Br)C1=O. The number of carbonyl (C=O) groups is 3. The number of hydrogen-bond donors (Lipinski definition) is 0. The number of imide groups is 1. The summed E-state index contributed by atoms with van der Waals surface area (Å²) in [6, 6.07) is 10.5. The Labute approximate surface area is 205 Å². The van der Waals surface area contributed by atoms with Crippen LogP contribution < -0.4 is 9.47 Å². The van der Waals surface area contributed by atoms with E-state index in [0.717, 1.165) is 27.8 Å². The van der Waals surface area contributed by atoms with Gasteiger partial charge in [-0.2, -0.15) is 0 Å². The Morgan fingerprint density at radius 3 is 2.64 bits per heavy atom. The van der Waals surface area contributed by atoms with Crippen LogP contribution in [-0.4, -0.2) is 41.8 Å². The number of hydrogen-bond acceptors (Lipinski definition) is 7. The number of carbonyl (C=O) groups excluding carboxylic acids is 3. The van der Waals surface area contributed by atoms with Gasteiger partial charge >= 0.3 is 5.97 Å². The average Bonchev–Trinajstić information content (AvgIpc) is 3.06. The summed E-state index contributed by atoms with van der Waals surface area (Å²) < 4.78 is 17.0. The molecule has 0 bridgehead atoms. The van der Waals surface area contributed by atoms with Crippen molar-refractivity contribution < 1.29 is 28.6 Å². The van der Waals surface area contributed by atoms with Crippen molar-refractivity contribution in [3.05, 3.63) is 62.5 Å². The number of nitrogens with zero attached hydrogens (tertiary/aromatic N) is 1. The summed E-state index contributed by atoms with van der Waals surface area (Å²) in [5.74, 6) is -0.154. The zero-order valence-electron chi connectivity index (χ0n) is 18.7. The number of ether oxygens (including phenoxy) is 3. The molecule has 3 rings (SSSR count). The van der Waals surface area contributed by atoms with Crippen molar-refractivity contribution in [2.75, 3.05) is 13.7 Å². The van der Waals surface area contributed by atoms with Crippen molar-refractivity contribution in [2.24, 2.45) is 0 Å². The molecule has 0 aromatic heterocycles. The Bertz CT molecular complexity index is 1120. The molecule has 1 fully saturated rings. The first-order chi connectivity index (χ1) is 15.7. The van der Waals surface area contributed by atoms with Crippen molar-refractivity contribution in [1.82, 2.24) is 4.90 Å². The fourth-order valence-electron chi connectivity index (χ4n) is 3.22. The maximum absolute atomic E-state index is 12.8. The Morgan fingerprint density at radius 2 is 1.97 bits per heavy atom. The lowest BCUT2D eigenvalue weighted by atomic mass is 10.1. The highest BCUT2D eigenvalue weighted by Crippen LogP contribution is 2.39. The van der Waals surface area contributed by atoms with E-state index in [9.17, 15) is 14.4 Å². The third kappa shape index (κ3) is 5.78. The van der Waals surface area contributed by atoms with Crippen molar-refractivity contribution in [2.45, 2.75) is 33.4 Å². The Hall–Kier alpha value is -2.78. The van der Waals surface area contributed by atoms with Gasteiger partial charge < -0.3 is 14.2 Å². The van der Waals surface area contributed by atoms with E-state index < -0.39 is 23.2 Å². The van der Waals surface area contributed by atoms with Crippen LogP contribution in [0.2, 0.25) is 0 Å². The molecule has 0 N–H and O–H groups in total. The van der Waals surface area contributed by atoms with Crippen LogP contribution in [0.15, 0.2) is 45.8 Å². The molecule has 1 atom stereocenters. The van der Waals surface area contributed by atoms with Crippen LogP contribution in [0.25, 0.3) is 6.08 Å². The maximum atomic E-state index is 12.8. The fourth-order valence-corrected chi connectivity index (χ4v) is 4.56. The fraction of sp³-hybridized carbons (Fsp3) is 0.292. The second-order valence-electron chi connectivity index (χ2n) is 7.28. The maximum Gasteiger partial charge on any atom is 0.329 e. The first kappa shape index (κ1) is 24.9. The minimum absolute atomic E-state index is 0.167. The van der Waals surface area contributed by atoms with Crippen LogP contribution in [0, 0.1) is 6.92 Å². The lowest BCUT2D eigenvalue weighted by Gasteiger charge is -2.19. The minimum Gasteiger partial charge on any atom is -0.493 e. The van der Waals surface area contributed by atoms with Gasteiger partial charge in [0.1, 0.15) is 12.6 Å². The van der Waals surface area contributed by atoms with E-state index >= 15 is 0 Å². The summed E-state index contributed by atoms with van der Waals surface area (Å²) in [5, 5.41) is -0.520. The summed E-state index contributed by atoms with van der Waals surface area (Å²) in [5.41, 5.74) is 2.80. The summed E-state index contributed by atoms with van der Waals surface area (Å²) in [4.78, 5) is 38.4. The number of amides is 2. The molecule has 0 spiro atoms. The average molecular weight is 534 g/mol. The zero-order chi connectivity index (χ0) is 24.1. The van der Waals surface area contributed by atoms with Gasteiger partial charge in [0.15, 0.2) is 11.5 Å². The van der Waals surface area contributed by atoms with Gasteiger partial charge in [-0.3, -0.25) is 14.5 Å². The van der Waals surface area contributed by atoms with Crippen LogP contribution in [-0.2, 0) is 20.9 Å². The van der Waals surface area contributed by atoms with Crippen LogP contribution in [0.4, 0.5) is 4.79 Å². The monoisotopic (exact) mass is 533 g/mol. The molecule has 33 heavy (non-hydrogen) atoms. The van der Waals surface area contributed by atoms with Gasteiger partial charge in [0.25, 0.3) is 11.1 Å².